The topological polar surface area (TPSA) is 27.7 Å². The van der Waals surface area contributed by atoms with Crippen molar-refractivity contribution in [2.24, 2.45) is 0 Å². The Balaban J connectivity index is 1.27. The van der Waals surface area contributed by atoms with Crippen LogP contribution in [-0.4, -0.2) is 18.7 Å². The van der Waals surface area contributed by atoms with E-state index >= 15 is 0 Å². The van der Waals surface area contributed by atoms with Crippen molar-refractivity contribution in [2.45, 2.75) is 19.3 Å². The van der Waals surface area contributed by atoms with Crippen LogP contribution in [0.2, 0.25) is 0 Å². The van der Waals surface area contributed by atoms with Gasteiger partial charge >= 0.3 is 0 Å². The van der Waals surface area contributed by atoms with E-state index in [4.69, 9.17) is 4.98 Å². The molecule has 0 radical (unpaired) electrons. The van der Waals surface area contributed by atoms with Crippen molar-refractivity contribution in [2.75, 3.05) is 0 Å². The summed E-state index contributed by atoms with van der Waals surface area (Å²) in [5.41, 5.74) is 16.5. The van der Waals surface area contributed by atoms with Gasteiger partial charge in [-0.2, -0.15) is 0 Å². The maximum Gasteiger partial charge on any atom is 0.145 e. The Morgan fingerprint density at radius 2 is 1.00 bits per heavy atom. The largest absolute Gasteiger partial charge is 0.309 e. The number of aromatic nitrogens is 4. The molecule has 1 aliphatic carbocycles. The molecule has 1 aliphatic rings. The first kappa shape index (κ1) is 31.2. The molecule has 0 fully saturated rings. The zero-order valence-corrected chi connectivity index (χ0v) is 31.1. The molecule has 4 nitrogen and oxygen atoms in total. The molecule has 264 valence electrons. The predicted molar refractivity (Wildman–Crippen MR) is 233 cm³/mol. The average Bonchev–Trinajstić information content (AvgIpc) is 3.97. The summed E-state index contributed by atoms with van der Waals surface area (Å²) in [5.74, 6) is 0.920. The molecule has 0 atom stereocenters. The zero-order chi connectivity index (χ0) is 37.1. The van der Waals surface area contributed by atoms with Crippen LogP contribution in [0.4, 0.5) is 0 Å². The molecule has 0 N–H and O–H groups in total. The molecule has 0 saturated heterocycles. The Labute approximate surface area is 324 Å². The first-order valence-corrected chi connectivity index (χ1v) is 19.4. The Hall–Kier alpha value is -7.17. The highest BCUT2D eigenvalue weighted by Gasteiger charge is 2.41. The first-order chi connectivity index (χ1) is 27.6. The van der Waals surface area contributed by atoms with Crippen LogP contribution >= 0.6 is 0 Å². The summed E-state index contributed by atoms with van der Waals surface area (Å²) in [6, 6.07) is 65.9. The van der Waals surface area contributed by atoms with E-state index in [2.05, 4.69) is 210 Å². The first-order valence-electron chi connectivity index (χ1n) is 19.4. The highest BCUT2D eigenvalue weighted by atomic mass is 15.1. The third kappa shape index (κ3) is 4.10. The lowest BCUT2D eigenvalue weighted by Crippen LogP contribution is -2.15. The van der Waals surface area contributed by atoms with Crippen LogP contribution in [0.3, 0.4) is 0 Å². The summed E-state index contributed by atoms with van der Waals surface area (Å²) in [6.07, 6.45) is 0. The quantitative estimate of drug-likeness (QED) is 0.178. The van der Waals surface area contributed by atoms with Crippen LogP contribution in [0.5, 0.6) is 0 Å². The number of benzene rings is 8. The second-order valence-corrected chi connectivity index (χ2v) is 15.6. The Bertz CT molecular complexity index is 3380. The van der Waals surface area contributed by atoms with Crippen LogP contribution in [0.1, 0.15) is 25.0 Å². The van der Waals surface area contributed by atoms with E-state index in [1.165, 1.54) is 65.9 Å². The molecule has 0 bridgehead atoms. The summed E-state index contributed by atoms with van der Waals surface area (Å²) in [4.78, 5) is 5.27. The van der Waals surface area contributed by atoms with Gasteiger partial charge in [0.1, 0.15) is 5.82 Å². The minimum absolute atomic E-state index is 0.242. The molecular weight excluding hydrogens is 681 g/mol. The fourth-order valence-electron chi connectivity index (χ4n) is 9.91. The van der Waals surface area contributed by atoms with E-state index in [1.807, 2.05) is 0 Å². The third-order valence-corrected chi connectivity index (χ3v) is 12.2. The molecule has 0 amide bonds. The monoisotopic (exact) mass is 716 g/mol. The van der Waals surface area contributed by atoms with Crippen molar-refractivity contribution in [1.82, 2.24) is 18.7 Å². The van der Waals surface area contributed by atoms with Crippen LogP contribution in [0, 0.1) is 0 Å². The molecule has 11 aromatic rings. The van der Waals surface area contributed by atoms with E-state index < -0.39 is 0 Å². The number of hydrogen-bond donors (Lipinski definition) is 0. The minimum Gasteiger partial charge on any atom is -0.309 e. The van der Waals surface area contributed by atoms with Crippen LogP contribution < -0.4 is 0 Å². The highest BCUT2D eigenvalue weighted by molar-refractivity contribution is 6.31. The maximum absolute atomic E-state index is 5.27. The van der Waals surface area contributed by atoms with Gasteiger partial charge in [-0.3, -0.25) is 4.57 Å². The molecule has 4 heteroatoms. The summed E-state index contributed by atoms with van der Waals surface area (Å²) in [7, 11) is 0. The lowest BCUT2D eigenvalue weighted by Gasteiger charge is -2.23. The van der Waals surface area contributed by atoms with E-state index in [0.717, 1.165) is 39.5 Å². The molecule has 12 rings (SSSR count). The van der Waals surface area contributed by atoms with Gasteiger partial charge in [-0.1, -0.05) is 135 Å². The molecule has 3 aromatic heterocycles. The van der Waals surface area contributed by atoms with Crippen molar-refractivity contribution in [3.05, 3.63) is 193 Å². The van der Waals surface area contributed by atoms with Crippen molar-refractivity contribution in [3.63, 3.8) is 0 Å². The molecule has 0 unspecified atom stereocenters. The van der Waals surface area contributed by atoms with Gasteiger partial charge in [0.2, 0.25) is 0 Å². The second-order valence-electron chi connectivity index (χ2n) is 15.6. The summed E-state index contributed by atoms with van der Waals surface area (Å²) in [5, 5.41) is 5.10. The average molecular weight is 717 g/mol. The fraction of sp³-hybridized carbons (Fsp3) is 0.0577. The second kappa shape index (κ2) is 11.4. The van der Waals surface area contributed by atoms with Crippen LogP contribution in [0.25, 0.3) is 94.2 Å². The Morgan fingerprint density at radius 1 is 0.446 bits per heavy atom. The van der Waals surface area contributed by atoms with Gasteiger partial charge in [0.05, 0.1) is 33.1 Å². The molecule has 0 aliphatic heterocycles. The fourth-order valence-corrected chi connectivity index (χ4v) is 9.91. The Kier molecular flexibility index (Phi) is 6.37. The van der Waals surface area contributed by atoms with E-state index in [0.29, 0.717) is 0 Å². The van der Waals surface area contributed by atoms with E-state index in [-0.39, 0.29) is 5.41 Å². The SMILES string of the molecule is CC1(C)c2ccccc2-c2c1c1c3ccccc3n(-c3cccc(-c4nc5ccccc5n4-c4ccccc4)c3)c1c1c3ccccc3n(-c3ccccc3)c21. The summed E-state index contributed by atoms with van der Waals surface area (Å²) in [6.45, 7) is 4.83. The van der Waals surface area contributed by atoms with Gasteiger partial charge in [-0.15, -0.1) is 0 Å². The number of rotatable bonds is 4. The Morgan fingerprint density at radius 3 is 1.73 bits per heavy atom. The molecule has 0 saturated carbocycles. The number of para-hydroxylation sites is 6. The van der Waals surface area contributed by atoms with Crippen molar-refractivity contribution >= 4 is 54.6 Å². The van der Waals surface area contributed by atoms with Crippen molar-refractivity contribution in [3.8, 4) is 39.6 Å². The van der Waals surface area contributed by atoms with Gasteiger partial charge in [-0.05, 0) is 77.4 Å². The van der Waals surface area contributed by atoms with Crippen molar-refractivity contribution < 1.29 is 0 Å². The number of fused-ring (bicyclic) bond motifs is 13. The van der Waals surface area contributed by atoms with Crippen molar-refractivity contribution in [1.29, 1.82) is 0 Å². The normalized spacial score (nSPS) is 13.3. The van der Waals surface area contributed by atoms with Gasteiger partial charge < -0.3 is 9.13 Å². The lowest BCUT2D eigenvalue weighted by atomic mass is 9.80. The summed E-state index contributed by atoms with van der Waals surface area (Å²) >= 11 is 0. The van der Waals surface area contributed by atoms with Crippen LogP contribution in [-0.2, 0) is 5.41 Å². The van der Waals surface area contributed by atoms with Gasteiger partial charge in [0, 0.05) is 55.1 Å². The molecule has 3 heterocycles. The van der Waals surface area contributed by atoms with Gasteiger partial charge in [0.25, 0.3) is 0 Å². The molecule has 56 heavy (non-hydrogen) atoms. The van der Waals surface area contributed by atoms with Crippen LogP contribution in [0.15, 0.2) is 182 Å². The third-order valence-electron chi connectivity index (χ3n) is 12.2. The number of imidazole rings is 1. The summed E-state index contributed by atoms with van der Waals surface area (Å²) < 4.78 is 7.34. The predicted octanol–water partition coefficient (Wildman–Crippen LogP) is 13.2. The standard InChI is InChI=1S/C52H36N4/c1-52(2)40-27-12-9-24-37(40)45-48(52)46-38-25-10-14-29-42(38)55(50(46)47-39-26-11-15-30-43(39)54(49(45)47)34-19-5-3-6-20-34)36-23-17-18-33(32-36)51-53-41-28-13-16-31-44(41)56(51)35-21-7-4-8-22-35/h3-32H,1-2H3. The number of nitrogens with zero attached hydrogens (tertiary/aromatic N) is 4. The zero-order valence-electron chi connectivity index (χ0n) is 31.1. The maximum atomic E-state index is 5.27. The molecular formula is C52H36N4. The molecule has 8 aromatic carbocycles. The molecule has 0 spiro atoms. The minimum atomic E-state index is -0.242. The number of hydrogen-bond acceptors (Lipinski definition) is 1. The van der Waals surface area contributed by atoms with E-state index in [1.54, 1.807) is 0 Å². The van der Waals surface area contributed by atoms with Gasteiger partial charge in [0.15, 0.2) is 0 Å². The van der Waals surface area contributed by atoms with E-state index in [9.17, 15) is 0 Å². The lowest BCUT2D eigenvalue weighted by molar-refractivity contribution is 0.667. The smallest absolute Gasteiger partial charge is 0.145 e. The van der Waals surface area contributed by atoms with Gasteiger partial charge in [-0.25, -0.2) is 4.98 Å². The highest BCUT2D eigenvalue weighted by Crippen LogP contribution is 2.58.